The lowest BCUT2D eigenvalue weighted by Crippen LogP contribution is -2.08. The number of primary amides is 1. The number of nitrogens with two attached hydrogens (primary N) is 1. The Morgan fingerprint density at radius 2 is 2.00 bits per heavy atom. The van der Waals surface area contributed by atoms with Gasteiger partial charge >= 0.3 is 0 Å². The molecule has 1 aromatic rings. The van der Waals surface area contributed by atoms with Gasteiger partial charge in [-0.1, -0.05) is 24.3 Å². The van der Waals surface area contributed by atoms with Gasteiger partial charge in [0, 0.05) is 6.42 Å². The minimum atomic E-state index is -0.311. The van der Waals surface area contributed by atoms with Crippen molar-refractivity contribution in [2.75, 3.05) is 0 Å². The maximum absolute atomic E-state index is 12.5. The Labute approximate surface area is 82.2 Å². The van der Waals surface area contributed by atoms with Crippen LogP contribution in [0.25, 0.3) is 6.08 Å². The van der Waals surface area contributed by atoms with Crippen molar-refractivity contribution in [3.8, 4) is 0 Å². The number of hydrogen-bond acceptors (Lipinski definition) is 1. The van der Waals surface area contributed by atoms with Crippen molar-refractivity contribution in [3.63, 3.8) is 0 Å². The molecule has 0 saturated heterocycles. The van der Waals surface area contributed by atoms with E-state index in [0.717, 1.165) is 5.56 Å². The monoisotopic (exact) mass is 193 g/mol. The number of benzene rings is 1. The molecule has 0 aliphatic carbocycles. The second kappa shape index (κ2) is 5.17. The molecule has 2 N–H and O–H groups in total. The Bertz CT molecular complexity index is 330. The predicted molar refractivity (Wildman–Crippen MR) is 53.9 cm³/mol. The molecular weight excluding hydrogens is 181 g/mol. The van der Waals surface area contributed by atoms with Crippen LogP contribution in [0.15, 0.2) is 30.3 Å². The molecule has 14 heavy (non-hydrogen) atoms. The average Bonchev–Trinajstić information content (AvgIpc) is 2.15. The molecule has 2 nitrogen and oxygen atoms in total. The summed E-state index contributed by atoms with van der Waals surface area (Å²) < 4.78 is 12.5. The first-order chi connectivity index (χ1) is 6.68. The SMILES string of the molecule is NC(=O)CCC=Cc1ccc(F)cc1. The van der Waals surface area contributed by atoms with Crippen molar-refractivity contribution >= 4 is 12.0 Å². The van der Waals surface area contributed by atoms with E-state index in [4.69, 9.17) is 5.73 Å². The van der Waals surface area contributed by atoms with Crippen LogP contribution in [-0.4, -0.2) is 5.91 Å². The third-order valence-corrected chi connectivity index (χ3v) is 1.74. The molecule has 1 amide bonds. The normalized spacial score (nSPS) is 10.6. The fourth-order valence-electron chi connectivity index (χ4n) is 1.02. The van der Waals surface area contributed by atoms with Crippen LogP contribution in [0, 0.1) is 5.82 Å². The molecule has 0 aliphatic heterocycles. The summed E-state index contributed by atoms with van der Waals surface area (Å²) in [6.45, 7) is 0. The number of rotatable bonds is 4. The van der Waals surface area contributed by atoms with E-state index in [1.807, 2.05) is 12.2 Å². The molecule has 0 spiro atoms. The summed E-state index contributed by atoms with van der Waals surface area (Å²) >= 11 is 0. The van der Waals surface area contributed by atoms with Crippen LogP contribution in [-0.2, 0) is 4.79 Å². The van der Waals surface area contributed by atoms with Crippen LogP contribution in [0.4, 0.5) is 4.39 Å². The number of halogens is 1. The molecule has 0 aliphatic rings. The molecule has 0 atom stereocenters. The lowest BCUT2D eigenvalue weighted by Gasteiger charge is -1.92. The standard InChI is InChI=1S/C11H12FNO/c12-10-7-5-9(6-8-10)3-1-2-4-11(13)14/h1,3,5-8H,2,4H2,(H2,13,14). The average molecular weight is 193 g/mol. The highest BCUT2D eigenvalue weighted by Gasteiger charge is 1.91. The van der Waals surface area contributed by atoms with Crippen molar-refractivity contribution in [3.05, 3.63) is 41.7 Å². The fraction of sp³-hybridized carbons (Fsp3) is 0.182. The molecule has 1 rings (SSSR count). The third-order valence-electron chi connectivity index (χ3n) is 1.74. The molecular formula is C11H12FNO. The highest BCUT2D eigenvalue weighted by atomic mass is 19.1. The number of amides is 1. The topological polar surface area (TPSA) is 43.1 Å². The number of allylic oxidation sites excluding steroid dienone is 1. The first-order valence-electron chi connectivity index (χ1n) is 4.39. The first kappa shape index (κ1) is 10.4. The summed E-state index contributed by atoms with van der Waals surface area (Å²) in [7, 11) is 0. The van der Waals surface area contributed by atoms with Gasteiger partial charge in [-0.25, -0.2) is 4.39 Å². The van der Waals surface area contributed by atoms with Gasteiger partial charge in [0.25, 0.3) is 0 Å². The van der Waals surface area contributed by atoms with E-state index >= 15 is 0 Å². The largest absolute Gasteiger partial charge is 0.370 e. The van der Waals surface area contributed by atoms with Crippen LogP contribution >= 0.6 is 0 Å². The van der Waals surface area contributed by atoms with Gasteiger partial charge < -0.3 is 5.73 Å². The molecule has 1 aromatic carbocycles. The summed E-state index contributed by atoms with van der Waals surface area (Å²) in [5.74, 6) is -0.562. The molecule has 0 aromatic heterocycles. The van der Waals surface area contributed by atoms with Gasteiger partial charge in [0.15, 0.2) is 0 Å². The quantitative estimate of drug-likeness (QED) is 0.781. The van der Waals surface area contributed by atoms with Gasteiger partial charge in [-0.2, -0.15) is 0 Å². The van der Waals surface area contributed by atoms with Crippen LogP contribution in [0.2, 0.25) is 0 Å². The van der Waals surface area contributed by atoms with Gasteiger partial charge in [0.2, 0.25) is 5.91 Å². The van der Waals surface area contributed by atoms with Gasteiger partial charge in [-0.05, 0) is 24.1 Å². The summed E-state index contributed by atoms with van der Waals surface area (Å²) in [4.78, 5) is 10.4. The lowest BCUT2D eigenvalue weighted by atomic mass is 10.2. The molecule has 0 radical (unpaired) electrons. The Kier molecular flexibility index (Phi) is 3.85. The molecule has 74 valence electrons. The predicted octanol–water partition coefficient (Wildman–Crippen LogP) is 2.10. The second-order valence-electron chi connectivity index (χ2n) is 2.96. The maximum atomic E-state index is 12.5. The molecule has 0 saturated carbocycles. The van der Waals surface area contributed by atoms with Gasteiger partial charge in [0.1, 0.15) is 5.82 Å². The maximum Gasteiger partial charge on any atom is 0.217 e. The van der Waals surface area contributed by atoms with E-state index in [-0.39, 0.29) is 11.7 Å². The minimum Gasteiger partial charge on any atom is -0.370 e. The Hall–Kier alpha value is -1.64. The number of carbonyl (C=O) groups excluding carboxylic acids is 1. The minimum absolute atomic E-state index is 0.251. The number of hydrogen-bond donors (Lipinski definition) is 1. The van der Waals surface area contributed by atoms with Crippen LogP contribution < -0.4 is 5.73 Å². The van der Waals surface area contributed by atoms with E-state index in [1.54, 1.807) is 12.1 Å². The van der Waals surface area contributed by atoms with Crippen molar-refractivity contribution in [2.45, 2.75) is 12.8 Å². The zero-order valence-corrected chi connectivity index (χ0v) is 7.74. The highest BCUT2D eigenvalue weighted by molar-refractivity contribution is 5.74. The molecule has 0 heterocycles. The molecule has 0 bridgehead atoms. The molecule has 3 heteroatoms. The Balaban J connectivity index is 2.44. The van der Waals surface area contributed by atoms with Crippen LogP contribution in [0.5, 0.6) is 0 Å². The van der Waals surface area contributed by atoms with E-state index < -0.39 is 0 Å². The molecule has 0 unspecified atom stereocenters. The fourth-order valence-corrected chi connectivity index (χ4v) is 1.02. The van der Waals surface area contributed by atoms with Crippen molar-refractivity contribution in [2.24, 2.45) is 5.73 Å². The van der Waals surface area contributed by atoms with Crippen molar-refractivity contribution in [1.82, 2.24) is 0 Å². The van der Waals surface area contributed by atoms with E-state index in [2.05, 4.69) is 0 Å². The summed E-state index contributed by atoms with van der Waals surface area (Å²) in [6, 6.07) is 6.15. The second-order valence-corrected chi connectivity index (χ2v) is 2.96. The van der Waals surface area contributed by atoms with E-state index in [1.165, 1.54) is 12.1 Å². The van der Waals surface area contributed by atoms with Gasteiger partial charge in [-0.15, -0.1) is 0 Å². The zero-order valence-electron chi connectivity index (χ0n) is 7.74. The lowest BCUT2D eigenvalue weighted by molar-refractivity contribution is -0.117. The summed E-state index contributed by atoms with van der Waals surface area (Å²) in [5.41, 5.74) is 5.88. The van der Waals surface area contributed by atoms with Gasteiger partial charge in [0.05, 0.1) is 0 Å². The van der Waals surface area contributed by atoms with Crippen LogP contribution in [0.1, 0.15) is 18.4 Å². The summed E-state index contributed by atoms with van der Waals surface area (Å²) in [6.07, 6.45) is 4.64. The van der Waals surface area contributed by atoms with E-state index in [9.17, 15) is 9.18 Å². The number of carbonyl (C=O) groups is 1. The summed E-state index contributed by atoms with van der Waals surface area (Å²) in [5, 5.41) is 0. The van der Waals surface area contributed by atoms with Gasteiger partial charge in [-0.3, -0.25) is 4.79 Å². The Morgan fingerprint density at radius 3 is 2.57 bits per heavy atom. The molecule has 0 fully saturated rings. The van der Waals surface area contributed by atoms with Crippen molar-refractivity contribution < 1.29 is 9.18 Å². The van der Waals surface area contributed by atoms with E-state index in [0.29, 0.717) is 12.8 Å². The zero-order chi connectivity index (χ0) is 10.4. The first-order valence-corrected chi connectivity index (χ1v) is 4.39. The smallest absolute Gasteiger partial charge is 0.217 e. The highest BCUT2D eigenvalue weighted by Crippen LogP contribution is 2.05. The Morgan fingerprint density at radius 1 is 1.36 bits per heavy atom. The van der Waals surface area contributed by atoms with Crippen LogP contribution in [0.3, 0.4) is 0 Å². The van der Waals surface area contributed by atoms with Crippen molar-refractivity contribution in [1.29, 1.82) is 0 Å². The third kappa shape index (κ3) is 3.85.